The van der Waals surface area contributed by atoms with Crippen LogP contribution in [0.3, 0.4) is 0 Å². The molecule has 14 atom stereocenters. The third-order valence-corrected chi connectivity index (χ3v) is 11.7. The van der Waals surface area contributed by atoms with E-state index in [4.69, 9.17) is 42.3 Å². The summed E-state index contributed by atoms with van der Waals surface area (Å²) in [6.45, 7) is 46.8. The van der Waals surface area contributed by atoms with Crippen molar-refractivity contribution in [1.29, 1.82) is 0 Å². The number of aldehydes is 1. The van der Waals surface area contributed by atoms with Crippen molar-refractivity contribution in [1.82, 2.24) is 0 Å². The molecule has 0 aromatic rings. The van der Waals surface area contributed by atoms with Gasteiger partial charge >= 0.3 is 0 Å². The van der Waals surface area contributed by atoms with Crippen LogP contribution in [0.1, 0.15) is 76.2 Å². The molecule has 3 heterocycles. The van der Waals surface area contributed by atoms with Crippen LogP contribution in [0.25, 0.3) is 0 Å². The van der Waals surface area contributed by atoms with Crippen LogP contribution in [0.15, 0.2) is 111 Å². The lowest BCUT2D eigenvalue weighted by atomic mass is 9.90. The molecular weight excluding hydrogens is 989 g/mol. The number of ether oxygens (including phenoxy) is 9. The average Bonchev–Trinajstić information content (AvgIpc) is 3.89. The molecule has 2 saturated heterocycles. The first-order chi connectivity index (χ1) is 34.7. The molecule has 2 unspecified atom stereocenters. The van der Waals surface area contributed by atoms with Gasteiger partial charge in [-0.15, -0.1) is 39.5 Å². The number of hydrogen-bond donors (Lipinski definition) is 4. The molecule has 0 spiro atoms. The average molecular weight is 1080 g/mol. The Bertz CT molecular complexity index is 1810. The predicted octanol–water partition coefficient (Wildman–Crippen LogP) is 7.18. The van der Waals surface area contributed by atoms with Crippen molar-refractivity contribution in [2.75, 3.05) is 28.4 Å². The van der Waals surface area contributed by atoms with Crippen LogP contribution in [0, 0.1) is 5.92 Å². The van der Waals surface area contributed by atoms with Crippen LogP contribution in [0.4, 0.5) is 0 Å². The number of carbonyl (C=O) groups excluding carboxylic acids is 4. The minimum atomic E-state index is -1.43. The maximum absolute atomic E-state index is 11.6. The number of Topliss-reactive ketones (excluding diaryl/α,β-unsaturated/α-hetero) is 3. The topological polar surface area (TPSA) is 241 Å². The van der Waals surface area contributed by atoms with Gasteiger partial charge in [0.25, 0.3) is 0 Å². The zero-order valence-corrected chi connectivity index (χ0v) is 49.1. The Morgan fingerprint density at radius 2 is 1.07 bits per heavy atom. The molecule has 0 aromatic heterocycles. The van der Waals surface area contributed by atoms with Crippen LogP contribution in [-0.2, 0) is 66.2 Å². The summed E-state index contributed by atoms with van der Waals surface area (Å²) in [6, 6.07) is 0. The number of methoxy groups -OCH3 is 4. The third-order valence-electron chi connectivity index (χ3n) is 10.9. The molecule has 18 nitrogen and oxygen atoms in total. The lowest BCUT2D eigenvalue weighted by molar-refractivity contribution is -0.157. The third kappa shape index (κ3) is 27.5. The zero-order valence-electron chi connectivity index (χ0n) is 48.1. The van der Waals surface area contributed by atoms with E-state index >= 15 is 0 Å². The number of aliphatic hydroxyl groups excluding tert-OH is 4. The molecule has 19 heteroatoms. The summed E-state index contributed by atoms with van der Waals surface area (Å²) in [5.74, 6) is -1.03. The summed E-state index contributed by atoms with van der Waals surface area (Å²) in [6.07, 6.45) is 6.16. The van der Waals surface area contributed by atoms with Gasteiger partial charge < -0.3 is 72.3 Å². The summed E-state index contributed by atoms with van der Waals surface area (Å²) in [7, 11) is 4.47. The fraction of sp³-hybridized carbons (Fsp3) is 0.607. The highest BCUT2D eigenvalue weighted by molar-refractivity contribution is 6.70. The van der Waals surface area contributed by atoms with Crippen LogP contribution in [0.5, 0.6) is 0 Å². The Hall–Kier alpha value is -4.32. The Morgan fingerprint density at radius 3 is 1.32 bits per heavy atom. The summed E-state index contributed by atoms with van der Waals surface area (Å²) in [5.41, 5.74) is 1.88. The number of aliphatic hydroxyl groups is 4. The van der Waals surface area contributed by atoms with Crippen molar-refractivity contribution < 1.29 is 86.7 Å². The van der Waals surface area contributed by atoms with Gasteiger partial charge in [0.15, 0.2) is 47.4 Å². The second-order valence-electron chi connectivity index (χ2n) is 19.0. The SMILES string of the molecule is C/C=C(O[Si](C)(C)C)/C(C)=C/C.C=C[C@@H](C=O)OC.C=C[C@H](O)C1OC(C)(C)O[C@H]1[C@@H](O)C=C.C=C[C@H](OC)[C@H](O)[C@@H](O)[C@H](C=C)OC.C=C[C@H](OC)[C@H]1OC=C(C)C(=O)[C@H]1C.CC(=O)C1OC(C)(C)O[C@H]1C(C)=O. The van der Waals surface area contributed by atoms with Crippen LogP contribution >= 0.6 is 0 Å². The number of allylic oxidation sites excluding steroid dienone is 4. The van der Waals surface area contributed by atoms with Crippen LogP contribution in [-0.4, -0.2) is 172 Å². The lowest BCUT2D eigenvalue weighted by Gasteiger charge is -2.31. The molecule has 0 bridgehead atoms. The van der Waals surface area contributed by atoms with E-state index in [1.54, 1.807) is 47.8 Å². The molecule has 0 amide bonds. The Balaban J connectivity index is -0.000000839. The number of carbonyl (C=O) groups is 4. The Kier molecular flexibility index (Phi) is 37.4. The summed E-state index contributed by atoms with van der Waals surface area (Å²) < 4.78 is 52.4. The van der Waals surface area contributed by atoms with Crippen molar-refractivity contribution in [3.63, 3.8) is 0 Å². The van der Waals surface area contributed by atoms with E-state index in [1.807, 2.05) is 26.8 Å². The standard InChI is InChI=1S/C11H18O4.C11H16O3.C10H18O4.C10H20OSi.C9H14O4.C5H8O2/c1-5-7(12)9-10(8(13)6-2)15-11(3,4)14-9;1-5-9(13-4)11-8(3)10(12)7(2)6-14-11;1-5-7(13-3)9(11)10(12)8(6-2)14-4;1-7-9(3)10(8-2)11-12(4,5)6;1-5(10)7-8(6(2)11)13-9(3,4)12-7;1-3-5(4-6)7-2/h5-10,12-13H,1-2H2,3-4H3;5-6,8-9,11H,1H2,2-4H3;5-12H,1-2H2,3-4H3;7-8H,1-6H3;7-8H,1-4H3;3-5H,1H2,2H3/b;;;9-7+,10-8-;;/t7-,8-,9-,10?;8-,9+,11+;7-,8-,9-,10-;;7-,8?;5-/m010.00/s1. The van der Waals surface area contributed by atoms with E-state index in [1.165, 1.54) is 77.4 Å². The van der Waals surface area contributed by atoms with Crippen molar-refractivity contribution in [3.05, 3.63) is 111 Å². The first kappa shape index (κ1) is 74.9. The first-order valence-corrected chi connectivity index (χ1v) is 27.8. The molecular formula is C56H94O18Si. The van der Waals surface area contributed by atoms with E-state index in [0.717, 1.165) is 5.76 Å². The van der Waals surface area contributed by atoms with Crippen molar-refractivity contribution in [2.24, 2.45) is 5.92 Å². The minimum Gasteiger partial charge on any atom is -0.544 e. The molecule has 0 radical (unpaired) electrons. The summed E-state index contributed by atoms with van der Waals surface area (Å²) in [4.78, 5) is 43.6. The van der Waals surface area contributed by atoms with Gasteiger partial charge in [0.2, 0.25) is 8.32 Å². The highest BCUT2D eigenvalue weighted by Gasteiger charge is 2.47. The number of ketones is 3. The Morgan fingerprint density at radius 1 is 0.653 bits per heavy atom. The predicted molar refractivity (Wildman–Crippen MR) is 294 cm³/mol. The quantitative estimate of drug-likeness (QED) is 0.0276. The molecule has 0 saturated carbocycles. The highest BCUT2D eigenvalue weighted by Crippen LogP contribution is 2.33. The van der Waals surface area contributed by atoms with E-state index in [-0.39, 0.29) is 35.5 Å². The second-order valence-corrected chi connectivity index (χ2v) is 23.4. The van der Waals surface area contributed by atoms with Gasteiger partial charge in [-0.3, -0.25) is 14.4 Å². The van der Waals surface area contributed by atoms with E-state index in [0.29, 0.717) is 11.9 Å². The molecule has 4 N–H and O–H groups in total. The van der Waals surface area contributed by atoms with Gasteiger partial charge in [0.1, 0.15) is 72.9 Å². The maximum Gasteiger partial charge on any atom is 0.242 e. The van der Waals surface area contributed by atoms with E-state index in [9.17, 15) is 39.6 Å². The van der Waals surface area contributed by atoms with Gasteiger partial charge in [-0.25, -0.2) is 0 Å². The van der Waals surface area contributed by atoms with Crippen molar-refractivity contribution in [2.45, 2.75) is 187 Å². The van der Waals surface area contributed by atoms with Gasteiger partial charge in [-0.1, -0.05) is 49.5 Å². The molecule has 3 aliphatic heterocycles. The normalized spacial score (nSPS) is 24.8. The molecule has 430 valence electrons. The van der Waals surface area contributed by atoms with Gasteiger partial charge in [-0.2, -0.15) is 0 Å². The van der Waals surface area contributed by atoms with Crippen molar-refractivity contribution >= 4 is 32.0 Å². The molecule has 0 aromatic carbocycles. The fourth-order valence-corrected chi connectivity index (χ4v) is 7.68. The number of rotatable bonds is 22. The smallest absolute Gasteiger partial charge is 0.242 e. The first-order valence-electron chi connectivity index (χ1n) is 24.3. The van der Waals surface area contributed by atoms with Crippen LogP contribution < -0.4 is 0 Å². The van der Waals surface area contributed by atoms with Crippen LogP contribution in [0.2, 0.25) is 19.6 Å². The summed E-state index contributed by atoms with van der Waals surface area (Å²) >= 11 is 0. The second kappa shape index (κ2) is 37.4. The van der Waals surface area contributed by atoms with E-state index < -0.39 is 87.0 Å². The maximum atomic E-state index is 11.6. The molecule has 2 fully saturated rings. The minimum absolute atomic E-state index is 0.116. The van der Waals surface area contributed by atoms with E-state index in [2.05, 4.69) is 76.9 Å². The summed E-state index contributed by atoms with van der Waals surface area (Å²) in [5, 5.41) is 38.5. The highest BCUT2D eigenvalue weighted by atomic mass is 28.4. The fourth-order valence-electron chi connectivity index (χ4n) is 6.75. The van der Waals surface area contributed by atoms with Gasteiger partial charge in [0, 0.05) is 34.0 Å². The van der Waals surface area contributed by atoms with Gasteiger partial charge in [-0.05, 0) is 101 Å². The number of hydrogen-bond acceptors (Lipinski definition) is 18. The Labute approximate surface area is 449 Å². The zero-order chi connectivity index (χ0) is 59.2. The van der Waals surface area contributed by atoms with Crippen molar-refractivity contribution in [3.8, 4) is 0 Å². The van der Waals surface area contributed by atoms with Gasteiger partial charge in [0.05, 0.1) is 12.2 Å². The molecule has 75 heavy (non-hydrogen) atoms. The molecule has 3 aliphatic rings. The monoisotopic (exact) mass is 1080 g/mol. The largest absolute Gasteiger partial charge is 0.544 e. The molecule has 3 rings (SSSR count). The molecule has 0 aliphatic carbocycles. The lowest BCUT2D eigenvalue weighted by Crippen LogP contribution is -2.44.